The van der Waals surface area contributed by atoms with E-state index in [1.54, 1.807) is 14.2 Å². The molecule has 0 amide bonds. The third-order valence-electron chi connectivity index (χ3n) is 1.35. The predicted molar refractivity (Wildman–Crippen MR) is 46.4 cm³/mol. The zero-order valence-corrected chi connectivity index (χ0v) is 7.63. The monoisotopic (exact) mass is 156 g/mol. The molecule has 0 aromatic carbocycles. The average molecular weight is 156 g/mol. The first-order valence-electron chi connectivity index (χ1n) is 3.61. The quantitative estimate of drug-likeness (QED) is 0.458. The number of hydrogen-bond donors (Lipinski definition) is 0. The minimum absolute atomic E-state index is 0.216. The highest BCUT2D eigenvalue weighted by atomic mass is 16.7. The highest BCUT2D eigenvalue weighted by Gasteiger charge is 2.04. The Hall–Kier alpha value is -0.600. The van der Waals surface area contributed by atoms with Gasteiger partial charge in [-0.2, -0.15) is 0 Å². The van der Waals surface area contributed by atoms with Crippen molar-refractivity contribution in [2.45, 2.75) is 20.1 Å². The predicted octanol–water partition coefficient (Wildman–Crippen LogP) is 2.13. The molecule has 0 radical (unpaired) electrons. The Morgan fingerprint density at radius 2 is 1.82 bits per heavy atom. The van der Waals surface area contributed by atoms with Crippen LogP contribution in [-0.4, -0.2) is 20.5 Å². The van der Waals surface area contributed by atoms with E-state index in [4.69, 9.17) is 9.47 Å². The zero-order valence-electron chi connectivity index (χ0n) is 7.63. The molecule has 0 spiro atoms. The molecule has 0 aromatic heterocycles. The van der Waals surface area contributed by atoms with Gasteiger partial charge >= 0.3 is 0 Å². The van der Waals surface area contributed by atoms with E-state index in [0.717, 1.165) is 5.57 Å². The summed E-state index contributed by atoms with van der Waals surface area (Å²) in [4.78, 5) is 0. The minimum Gasteiger partial charge on any atom is -0.352 e. The molecule has 0 saturated heterocycles. The van der Waals surface area contributed by atoms with Crippen LogP contribution in [0.5, 0.6) is 0 Å². The third-order valence-corrected chi connectivity index (χ3v) is 1.35. The first kappa shape index (κ1) is 10.4. The lowest BCUT2D eigenvalue weighted by atomic mass is 10.2. The Labute approximate surface area is 68.5 Å². The smallest absolute Gasteiger partial charge is 0.179 e. The summed E-state index contributed by atoms with van der Waals surface area (Å²) in [7, 11) is 3.25. The highest BCUT2D eigenvalue weighted by molar-refractivity contribution is 5.11. The Kier molecular flexibility index (Phi) is 5.80. The van der Waals surface area contributed by atoms with Crippen LogP contribution < -0.4 is 0 Å². The van der Waals surface area contributed by atoms with Crippen molar-refractivity contribution in [3.63, 3.8) is 0 Å². The summed E-state index contributed by atoms with van der Waals surface area (Å²) in [5.41, 5.74) is 1.06. The Morgan fingerprint density at radius 1 is 1.27 bits per heavy atom. The molecule has 0 fully saturated rings. The molecule has 0 unspecified atom stereocenters. The molecule has 0 aliphatic heterocycles. The molecule has 0 N–H and O–H groups in total. The van der Waals surface area contributed by atoms with Gasteiger partial charge in [-0.15, -0.1) is 0 Å². The third kappa shape index (κ3) is 3.96. The van der Waals surface area contributed by atoms with Gasteiger partial charge in [-0.25, -0.2) is 0 Å². The Morgan fingerprint density at radius 3 is 2.18 bits per heavy atom. The molecule has 0 atom stereocenters. The largest absolute Gasteiger partial charge is 0.352 e. The molecule has 0 bridgehead atoms. The molecule has 64 valence electrons. The fraction of sp³-hybridized carbons (Fsp3) is 0.556. The molecule has 2 nitrogen and oxygen atoms in total. The van der Waals surface area contributed by atoms with E-state index in [0.29, 0.717) is 0 Å². The number of ether oxygens (including phenoxy) is 2. The summed E-state index contributed by atoms with van der Waals surface area (Å²) in [6.45, 7) is 3.94. The van der Waals surface area contributed by atoms with Crippen molar-refractivity contribution >= 4 is 0 Å². The van der Waals surface area contributed by atoms with Crippen LogP contribution in [0.2, 0.25) is 0 Å². The maximum absolute atomic E-state index is 5.03. The number of rotatable bonds is 4. The summed E-state index contributed by atoms with van der Waals surface area (Å²) < 4.78 is 10.1. The van der Waals surface area contributed by atoms with Gasteiger partial charge in [0.1, 0.15) is 0 Å². The van der Waals surface area contributed by atoms with Crippen molar-refractivity contribution in [3.05, 3.63) is 23.8 Å². The maximum Gasteiger partial charge on any atom is 0.179 e. The van der Waals surface area contributed by atoms with Gasteiger partial charge in [-0.05, 0) is 19.4 Å². The normalized spacial score (nSPS) is 13.4. The zero-order chi connectivity index (χ0) is 8.69. The van der Waals surface area contributed by atoms with E-state index < -0.39 is 0 Å². The van der Waals surface area contributed by atoms with Gasteiger partial charge in [0.15, 0.2) is 6.29 Å². The van der Waals surface area contributed by atoms with Crippen LogP contribution in [0.1, 0.15) is 13.8 Å². The molecule has 0 heterocycles. The fourth-order valence-corrected chi connectivity index (χ4v) is 0.795. The van der Waals surface area contributed by atoms with E-state index in [1.807, 2.05) is 32.1 Å². The van der Waals surface area contributed by atoms with E-state index in [-0.39, 0.29) is 6.29 Å². The second-order valence-electron chi connectivity index (χ2n) is 2.24. The van der Waals surface area contributed by atoms with E-state index in [9.17, 15) is 0 Å². The summed E-state index contributed by atoms with van der Waals surface area (Å²) >= 11 is 0. The van der Waals surface area contributed by atoms with Crippen LogP contribution in [-0.2, 0) is 9.47 Å². The van der Waals surface area contributed by atoms with Gasteiger partial charge in [0.25, 0.3) is 0 Å². The van der Waals surface area contributed by atoms with E-state index >= 15 is 0 Å². The SMILES string of the molecule is C/C=C\C=C(/C)C(OC)OC. The van der Waals surface area contributed by atoms with E-state index in [1.165, 1.54) is 0 Å². The van der Waals surface area contributed by atoms with Gasteiger partial charge in [0.2, 0.25) is 0 Å². The van der Waals surface area contributed by atoms with Crippen LogP contribution in [0.4, 0.5) is 0 Å². The first-order valence-corrected chi connectivity index (χ1v) is 3.61. The summed E-state index contributed by atoms with van der Waals surface area (Å²) in [6.07, 6.45) is 5.68. The van der Waals surface area contributed by atoms with Crippen molar-refractivity contribution in [3.8, 4) is 0 Å². The Bertz CT molecular complexity index is 144. The summed E-state index contributed by atoms with van der Waals surface area (Å²) in [5, 5.41) is 0. The maximum atomic E-state index is 5.03. The highest BCUT2D eigenvalue weighted by Crippen LogP contribution is 2.05. The molecule has 0 rings (SSSR count). The van der Waals surface area contributed by atoms with Crippen LogP contribution in [0.3, 0.4) is 0 Å². The molecule has 0 aromatic rings. The summed E-state index contributed by atoms with van der Waals surface area (Å²) in [5.74, 6) is 0. The Balaban J connectivity index is 4.06. The second-order valence-corrected chi connectivity index (χ2v) is 2.24. The van der Waals surface area contributed by atoms with Crippen molar-refractivity contribution in [1.29, 1.82) is 0 Å². The standard InChI is InChI=1S/C9H16O2/c1-5-6-7-8(2)9(10-3)11-4/h5-7,9H,1-4H3/b6-5-,8-7+. The van der Waals surface area contributed by atoms with Gasteiger partial charge in [-0.3, -0.25) is 0 Å². The van der Waals surface area contributed by atoms with Crippen LogP contribution in [0.25, 0.3) is 0 Å². The number of allylic oxidation sites excluding steroid dienone is 3. The van der Waals surface area contributed by atoms with Gasteiger partial charge in [0, 0.05) is 14.2 Å². The molecule has 2 heteroatoms. The molecular weight excluding hydrogens is 140 g/mol. The van der Waals surface area contributed by atoms with Crippen molar-refractivity contribution in [2.75, 3.05) is 14.2 Å². The molecule has 0 aliphatic carbocycles. The number of methoxy groups -OCH3 is 2. The van der Waals surface area contributed by atoms with Crippen LogP contribution >= 0.6 is 0 Å². The molecular formula is C9H16O2. The molecule has 0 saturated carbocycles. The van der Waals surface area contributed by atoms with Crippen LogP contribution in [0, 0.1) is 0 Å². The minimum atomic E-state index is -0.216. The van der Waals surface area contributed by atoms with Crippen molar-refractivity contribution < 1.29 is 9.47 Å². The second kappa shape index (κ2) is 6.13. The topological polar surface area (TPSA) is 18.5 Å². The van der Waals surface area contributed by atoms with Crippen LogP contribution in [0.15, 0.2) is 23.8 Å². The summed E-state index contributed by atoms with van der Waals surface area (Å²) in [6, 6.07) is 0. The molecule has 0 aliphatic rings. The first-order chi connectivity index (χ1) is 5.26. The lowest BCUT2D eigenvalue weighted by Gasteiger charge is -2.12. The number of hydrogen-bond acceptors (Lipinski definition) is 2. The fourth-order valence-electron chi connectivity index (χ4n) is 0.795. The lowest BCUT2D eigenvalue weighted by Crippen LogP contribution is -2.13. The lowest BCUT2D eigenvalue weighted by molar-refractivity contribution is -0.0746. The van der Waals surface area contributed by atoms with Crippen molar-refractivity contribution in [1.82, 2.24) is 0 Å². The van der Waals surface area contributed by atoms with E-state index in [2.05, 4.69) is 0 Å². The average Bonchev–Trinajstić information content (AvgIpc) is 2.03. The molecule has 11 heavy (non-hydrogen) atoms. The van der Waals surface area contributed by atoms with Gasteiger partial charge < -0.3 is 9.47 Å². The van der Waals surface area contributed by atoms with Crippen molar-refractivity contribution in [2.24, 2.45) is 0 Å². The van der Waals surface area contributed by atoms with Gasteiger partial charge in [0.05, 0.1) is 0 Å². The van der Waals surface area contributed by atoms with Gasteiger partial charge in [-0.1, -0.05) is 18.2 Å².